The fourth-order valence-electron chi connectivity index (χ4n) is 4.96. The summed E-state index contributed by atoms with van der Waals surface area (Å²) in [5.41, 5.74) is -2.18. The van der Waals surface area contributed by atoms with Gasteiger partial charge in [-0.2, -0.15) is 13.1 Å². The van der Waals surface area contributed by atoms with Gasteiger partial charge in [0, 0.05) is 19.0 Å². The van der Waals surface area contributed by atoms with E-state index in [1.54, 1.807) is 20.8 Å². The van der Waals surface area contributed by atoms with Crippen molar-refractivity contribution in [3.05, 3.63) is 24.8 Å². The van der Waals surface area contributed by atoms with Crippen LogP contribution in [0.1, 0.15) is 72.1 Å². The number of fused-ring (bicyclic) bond motifs is 2. The number of nitrogens with one attached hydrogen (secondary N) is 4. The van der Waals surface area contributed by atoms with Gasteiger partial charge in [-0.05, 0) is 59.3 Å². The predicted molar refractivity (Wildman–Crippen MR) is 144 cm³/mol. The first-order valence-electron chi connectivity index (χ1n) is 13.5. The van der Waals surface area contributed by atoms with E-state index in [1.165, 1.54) is 11.0 Å². The lowest BCUT2D eigenvalue weighted by atomic mass is 10.0. The summed E-state index contributed by atoms with van der Waals surface area (Å²) in [6.07, 6.45) is 9.05. The van der Waals surface area contributed by atoms with Crippen LogP contribution in [0.4, 0.5) is 4.79 Å². The minimum absolute atomic E-state index is 0.0665. The van der Waals surface area contributed by atoms with Crippen molar-refractivity contribution in [3.8, 4) is 0 Å². The van der Waals surface area contributed by atoms with Gasteiger partial charge in [-0.3, -0.25) is 14.4 Å². The number of amides is 4. The van der Waals surface area contributed by atoms with Crippen LogP contribution in [0.2, 0.25) is 0 Å². The highest BCUT2D eigenvalue weighted by atomic mass is 32.2. The molecule has 0 bridgehead atoms. The Hall–Kier alpha value is -2.93. The van der Waals surface area contributed by atoms with E-state index >= 15 is 0 Å². The summed E-state index contributed by atoms with van der Waals surface area (Å²) in [6, 6.07) is -1.71. The van der Waals surface area contributed by atoms with Crippen molar-refractivity contribution in [2.24, 2.45) is 5.92 Å². The van der Waals surface area contributed by atoms with Crippen molar-refractivity contribution in [2.75, 3.05) is 13.1 Å². The first kappa shape index (κ1) is 30.6. The molecule has 0 aromatic rings. The molecule has 3 aliphatic rings. The third-order valence-electron chi connectivity index (χ3n) is 6.97. The van der Waals surface area contributed by atoms with Crippen molar-refractivity contribution < 1.29 is 32.3 Å². The molecule has 2 aliphatic heterocycles. The fourth-order valence-corrected chi connectivity index (χ4v) is 5.80. The molecule has 39 heavy (non-hydrogen) atoms. The third-order valence-corrected chi connectivity index (χ3v) is 7.97. The molecule has 3 rings (SSSR count). The van der Waals surface area contributed by atoms with Crippen LogP contribution in [0.5, 0.6) is 0 Å². The van der Waals surface area contributed by atoms with Crippen LogP contribution in [0.3, 0.4) is 0 Å². The molecule has 4 atom stereocenters. The molecule has 2 heterocycles. The molecule has 4 unspecified atom stereocenters. The molecule has 1 saturated carbocycles. The highest BCUT2D eigenvalue weighted by Crippen LogP contribution is 2.45. The van der Waals surface area contributed by atoms with Crippen molar-refractivity contribution in [3.63, 3.8) is 0 Å². The van der Waals surface area contributed by atoms with Crippen LogP contribution in [0.25, 0.3) is 0 Å². The van der Waals surface area contributed by atoms with E-state index in [4.69, 9.17) is 4.74 Å². The largest absolute Gasteiger partial charge is 0.444 e. The molecule has 0 spiro atoms. The van der Waals surface area contributed by atoms with E-state index < -0.39 is 51.3 Å². The minimum Gasteiger partial charge on any atom is -0.444 e. The smallest absolute Gasteiger partial charge is 0.408 e. The number of allylic oxidation sites excluding steroid dienone is 1. The number of hydrogen-bond donors (Lipinski definition) is 4. The van der Waals surface area contributed by atoms with Gasteiger partial charge < -0.3 is 20.3 Å². The molecule has 1 aliphatic carbocycles. The number of ether oxygens (including phenoxy) is 1. The van der Waals surface area contributed by atoms with Crippen molar-refractivity contribution >= 4 is 34.0 Å². The minimum atomic E-state index is -4.16. The molecule has 0 radical (unpaired) electrons. The van der Waals surface area contributed by atoms with Crippen LogP contribution in [0.15, 0.2) is 24.8 Å². The Kier molecular flexibility index (Phi) is 9.81. The van der Waals surface area contributed by atoms with Crippen molar-refractivity contribution in [1.29, 1.82) is 0 Å². The molecule has 4 N–H and O–H groups in total. The second kappa shape index (κ2) is 12.5. The zero-order chi connectivity index (χ0) is 28.8. The van der Waals surface area contributed by atoms with Gasteiger partial charge in [0.25, 0.3) is 5.91 Å². The standard InChI is InChI=1S/C26H41N5O7S/c1-5-15-27-39(36,37)30-23(34)26-17-18(26)12-9-7-6-8-10-13-19(28-24(35)38-25(2,3)4)22(33)31-16-11-14-20(31)21(32)29-26/h5,9,12,18-20,27H,1,6-8,10-11,13-17H2,2-4H3,(H,28,35)(H,29,32)(H,30,34)/b12-9-. The Balaban J connectivity index is 1.82. The first-order chi connectivity index (χ1) is 18.3. The van der Waals surface area contributed by atoms with Crippen LogP contribution in [-0.4, -0.2) is 73.4 Å². The van der Waals surface area contributed by atoms with E-state index in [9.17, 15) is 27.6 Å². The molecule has 4 amide bonds. The van der Waals surface area contributed by atoms with E-state index in [-0.39, 0.29) is 24.8 Å². The maximum atomic E-state index is 13.6. The third kappa shape index (κ3) is 8.28. The fraction of sp³-hybridized carbons (Fsp3) is 0.692. The summed E-state index contributed by atoms with van der Waals surface area (Å²) >= 11 is 0. The quantitative estimate of drug-likeness (QED) is 0.353. The molecule has 0 aromatic heterocycles. The van der Waals surface area contributed by atoms with Gasteiger partial charge in [-0.25, -0.2) is 9.52 Å². The summed E-state index contributed by atoms with van der Waals surface area (Å²) in [5.74, 6) is -2.14. The number of carbonyl (C=O) groups is 4. The number of alkyl carbamates (subject to hydrolysis) is 1. The summed E-state index contributed by atoms with van der Waals surface area (Å²) in [4.78, 5) is 54.2. The summed E-state index contributed by atoms with van der Waals surface area (Å²) in [7, 11) is -4.16. The van der Waals surface area contributed by atoms with E-state index in [0.29, 0.717) is 38.6 Å². The normalized spacial score (nSPS) is 29.0. The van der Waals surface area contributed by atoms with Gasteiger partial charge in [0.05, 0.1) is 0 Å². The van der Waals surface area contributed by atoms with Crippen molar-refractivity contribution in [1.82, 2.24) is 25.0 Å². The van der Waals surface area contributed by atoms with Crippen LogP contribution in [0, 0.1) is 5.92 Å². The zero-order valence-corrected chi connectivity index (χ0v) is 23.8. The van der Waals surface area contributed by atoms with Crippen LogP contribution in [-0.2, 0) is 29.3 Å². The number of carbonyl (C=O) groups excluding carboxylic acids is 4. The average molecular weight is 568 g/mol. The lowest BCUT2D eigenvalue weighted by molar-refractivity contribution is -0.141. The second-order valence-corrected chi connectivity index (χ2v) is 12.8. The molecule has 1 saturated heterocycles. The first-order valence-corrected chi connectivity index (χ1v) is 15.0. The van der Waals surface area contributed by atoms with Gasteiger partial charge in [-0.15, -0.1) is 6.58 Å². The van der Waals surface area contributed by atoms with Crippen molar-refractivity contribution in [2.45, 2.75) is 95.4 Å². The summed E-state index contributed by atoms with van der Waals surface area (Å²) in [5, 5.41) is 5.46. The number of rotatable bonds is 6. The molecule has 0 aromatic carbocycles. The van der Waals surface area contributed by atoms with Gasteiger partial charge >= 0.3 is 16.3 Å². The highest BCUT2D eigenvalue weighted by Gasteiger charge is 2.61. The van der Waals surface area contributed by atoms with Gasteiger partial charge in [0.1, 0.15) is 23.2 Å². The van der Waals surface area contributed by atoms with E-state index in [1.807, 2.05) is 16.9 Å². The molecule has 218 valence electrons. The second-order valence-electron chi connectivity index (χ2n) is 11.3. The Morgan fingerprint density at radius 3 is 2.64 bits per heavy atom. The predicted octanol–water partition coefficient (Wildman–Crippen LogP) is 1.40. The molecular weight excluding hydrogens is 526 g/mol. The van der Waals surface area contributed by atoms with E-state index in [2.05, 4.69) is 21.9 Å². The Morgan fingerprint density at radius 1 is 1.21 bits per heavy atom. The lowest BCUT2D eigenvalue weighted by Crippen LogP contribution is -2.59. The lowest BCUT2D eigenvalue weighted by Gasteiger charge is -2.30. The summed E-state index contributed by atoms with van der Waals surface area (Å²) < 4.78 is 34.2. The van der Waals surface area contributed by atoms with E-state index in [0.717, 1.165) is 12.8 Å². The Morgan fingerprint density at radius 2 is 1.95 bits per heavy atom. The molecule has 2 fully saturated rings. The molecular formula is C26H41N5O7S. The van der Waals surface area contributed by atoms with Crippen LogP contribution < -0.4 is 20.1 Å². The van der Waals surface area contributed by atoms with Gasteiger partial charge in [0.2, 0.25) is 11.8 Å². The van der Waals surface area contributed by atoms with Gasteiger partial charge in [-0.1, -0.05) is 31.1 Å². The maximum Gasteiger partial charge on any atom is 0.408 e. The van der Waals surface area contributed by atoms with Crippen LogP contribution >= 0.6 is 0 Å². The number of hydrogen-bond acceptors (Lipinski definition) is 7. The number of nitrogens with zero attached hydrogens (tertiary/aromatic N) is 1. The maximum absolute atomic E-state index is 13.6. The highest BCUT2D eigenvalue weighted by molar-refractivity contribution is 7.88. The summed E-state index contributed by atoms with van der Waals surface area (Å²) in [6.45, 7) is 8.91. The van der Waals surface area contributed by atoms with Gasteiger partial charge in [0.15, 0.2) is 0 Å². The average Bonchev–Trinajstić information content (AvgIpc) is 3.29. The monoisotopic (exact) mass is 567 g/mol. The zero-order valence-electron chi connectivity index (χ0n) is 23.0. The SMILES string of the molecule is C=CCNS(=O)(=O)NC(=O)C12CC1/C=C\CCCCCC(NC(=O)OC(C)(C)C)C(=O)N1CCCC1C(=O)N2. The topological polar surface area (TPSA) is 163 Å². The molecule has 12 nitrogen and oxygen atoms in total. The molecule has 13 heteroatoms. The Bertz CT molecular complexity index is 1100. The Labute approximate surface area is 230 Å².